The first-order valence-corrected chi connectivity index (χ1v) is 8.89. The van der Waals surface area contributed by atoms with Gasteiger partial charge in [-0.15, -0.1) is 11.8 Å². The Bertz CT molecular complexity index is 455. The summed E-state index contributed by atoms with van der Waals surface area (Å²) < 4.78 is 19.4. The van der Waals surface area contributed by atoms with Crippen molar-refractivity contribution >= 4 is 23.7 Å². The lowest BCUT2D eigenvalue weighted by Gasteiger charge is -2.27. The van der Waals surface area contributed by atoms with Crippen LogP contribution >= 0.6 is 11.8 Å². The predicted octanol–water partition coefficient (Wildman–Crippen LogP) is 3.54. The maximum Gasteiger partial charge on any atom is 0.322 e. The van der Waals surface area contributed by atoms with Crippen molar-refractivity contribution < 1.29 is 33.6 Å². The van der Waals surface area contributed by atoms with Crippen LogP contribution in [0.1, 0.15) is 56.4 Å². The minimum atomic E-state index is -0.957. The van der Waals surface area contributed by atoms with Gasteiger partial charge in [-0.1, -0.05) is 21.4 Å². The number of hydrogen-bond donors (Lipinski definition) is 1. The average Bonchev–Trinajstić information content (AvgIpc) is 2.45. The van der Waals surface area contributed by atoms with Crippen molar-refractivity contribution in [2.45, 2.75) is 72.8 Å². The second-order valence-electron chi connectivity index (χ2n) is 6.97. The molecule has 0 spiro atoms. The van der Waals surface area contributed by atoms with Gasteiger partial charge in [-0.25, -0.2) is 0 Å². The first-order chi connectivity index (χ1) is 11.3. The Kier molecular flexibility index (Phi) is 15.6. The SMILES string of the molecule is C.C.C=C(C)OCOCC(O)COC(=O)CSC(C)(C)C(=O)OC(C)(C)C. The molecule has 0 aliphatic rings. The van der Waals surface area contributed by atoms with Crippen LogP contribution in [0.2, 0.25) is 0 Å². The third kappa shape index (κ3) is 16.6. The Morgan fingerprint density at radius 1 is 1.07 bits per heavy atom. The summed E-state index contributed by atoms with van der Waals surface area (Å²) in [5, 5.41) is 9.65. The Labute approximate surface area is 168 Å². The second kappa shape index (κ2) is 13.8. The summed E-state index contributed by atoms with van der Waals surface area (Å²) in [6.45, 7) is 13.7. The number of thioether (sulfide) groups is 1. The largest absolute Gasteiger partial charge is 0.473 e. The molecule has 0 aliphatic carbocycles. The summed E-state index contributed by atoms with van der Waals surface area (Å²) in [6.07, 6.45) is -0.957. The van der Waals surface area contributed by atoms with E-state index in [1.165, 1.54) is 0 Å². The molecule has 0 rings (SSSR count). The van der Waals surface area contributed by atoms with Crippen LogP contribution in [-0.2, 0) is 28.5 Å². The van der Waals surface area contributed by atoms with Gasteiger partial charge in [0.15, 0.2) is 6.79 Å². The number of hydrogen-bond acceptors (Lipinski definition) is 8. The van der Waals surface area contributed by atoms with Crippen LogP contribution in [0.25, 0.3) is 0 Å². The van der Waals surface area contributed by atoms with E-state index in [-0.39, 0.29) is 40.6 Å². The Morgan fingerprint density at radius 2 is 1.63 bits per heavy atom. The van der Waals surface area contributed by atoms with E-state index in [0.29, 0.717) is 5.76 Å². The van der Waals surface area contributed by atoms with Crippen LogP contribution in [0.3, 0.4) is 0 Å². The summed E-state index contributed by atoms with van der Waals surface area (Å²) in [5.74, 6) is -0.452. The maximum atomic E-state index is 12.1. The van der Waals surface area contributed by atoms with E-state index < -0.39 is 28.4 Å². The summed E-state index contributed by atoms with van der Waals surface area (Å²) in [5.41, 5.74) is -0.590. The van der Waals surface area contributed by atoms with Gasteiger partial charge in [-0.2, -0.15) is 0 Å². The van der Waals surface area contributed by atoms with Gasteiger partial charge in [0.25, 0.3) is 0 Å². The number of allylic oxidation sites excluding steroid dienone is 1. The number of carbonyl (C=O) groups excluding carboxylic acids is 2. The van der Waals surface area contributed by atoms with Crippen molar-refractivity contribution in [3.8, 4) is 0 Å². The summed E-state index contributed by atoms with van der Waals surface area (Å²) >= 11 is 1.12. The molecule has 7 nitrogen and oxygen atoms in total. The minimum Gasteiger partial charge on any atom is -0.473 e. The third-order valence-electron chi connectivity index (χ3n) is 2.58. The maximum absolute atomic E-state index is 12.1. The lowest BCUT2D eigenvalue weighted by Crippen LogP contribution is -2.37. The minimum absolute atomic E-state index is 0. The Hall–Kier alpha value is -1.25. The van der Waals surface area contributed by atoms with Crippen LogP contribution in [0.5, 0.6) is 0 Å². The van der Waals surface area contributed by atoms with Gasteiger partial charge in [-0.3, -0.25) is 9.59 Å². The number of carbonyl (C=O) groups is 2. The van der Waals surface area contributed by atoms with E-state index in [2.05, 4.69) is 6.58 Å². The van der Waals surface area contributed by atoms with E-state index in [9.17, 15) is 14.7 Å². The molecule has 1 N–H and O–H groups in total. The fraction of sp³-hybridized carbons (Fsp3) is 0.789. The molecule has 0 aromatic heterocycles. The van der Waals surface area contributed by atoms with Crippen molar-refractivity contribution in [3.05, 3.63) is 12.3 Å². The number of aliphatic hydroxyl groups excluding tert-OH is 1. The fourth-order valence-electron chi connectivity index (χ4n) is 1.30. The molecule has 0 saturated carbocycles. The molecule has 0 radical (unpaired) electrons. The third-order valence-corrected chi connectivity index (χ3v) is 3.85. The Balaban J connectivity index is -0.00000288. The van der Waals surface area contributed by atoms with Crippen molar-refractivity contribution in [3.63, 3.8) is 0 Å². The van der Waals surface area contributed by atoms with Crippen LogP contribution in [0.4, 0.5) is 0 Å². The smallest absolute Gasteiger partial charge is 0.322 e. The van der Waals surface area contributed by atoms with Gasteiger partial charge in [-0.05, 0) is 41.5 Å². The van der Waals surface area contributed by atoms with E-state index in [1.807, 2.05) is 0 Å². The molecule has 0 aliphatic heterocycles. The monoisotopic (exact) mass is 410 g/mol. The average molecular weight is 411 g/mol. The molecule has 0 amide bonds. The zero-order valence-electron chi connectivity index (χ0n) is 15.9. The number of esters is 2. The predicted molar refractivity (Wildman–Crippen MR) is 110 cm³/mol. The molecule has 162 valence electrons. The molecule has 0 aromatic carbocycles. The molecule has 0 bridgehead atoms. The van der Waals surface area contributed by atoms with Gasteiger partial charge in [0.1, 0.15) is 23.1 Å². The topological polar surface area (TPSA) is 91.3 Å². The van der Waals surface area contributed by atoms with Crippen LogP contribution in [0, 0.1) is 0 Å². The van der Waals surface area contributed by atoms with Crippen LogP contribution < -0.4 is 0 Å². The number of rotatable bonds is 11. The number of aliphatic hydroxyl groups is 1. The molecule has 27 heavy (non-hydrogen) atoms. The van der Waals surface area contributed by atoms with E-state index >= 15 is 0 Å². The van der Waals surface area contributed by atoms with Crippen molar-refractivity contribution in [2.24, 2.45) is 0 Å². The van der Waals surface area contributed by atoms with Crippen LogP contribution in [0.15, 0.2) is 12.3 Å². The summed E-state index contributed by atoms with van der Waals surface area (Å²) in [6, 6.07) is 0. The molecular formula is C19H38O7S. The normalized spacial score (nSPS) is 12.1. The standard InChI is InChI=1S/C17H30O7S.2CH4/c1-12(2)23-11-21-8-13(18)9-22-14(19)10-25-17(6,7)15(20)24-16(3,4)5;;/h13,18H,1,8-11H2,2-7H3;2*1H4. The van der Waals surface area contributed by atoms with E-state index in [0.717, 1.165) is 11.8 Å². The second-order valence-corrected chi connectivity index (χ2v) is 8.57. The zero-order chi connectivity index (χ0) is 19.7. The highest BCUT2D eigenvalue weighted by Gasteiger charge is 2.33. The van der Waals surface area contributed by atoms with Crippen LogP contribution in [-0.4, -0.2) is 59.3 Å². The molecule has 0 saturated heterocycles. The van der Waals surface area contributed by atoms with E-state index in [4.69, 9.17) is 18.9 Å². The van der Waals surface area contributed by atoms with Gasteiger partial charge >= 0.3 is 11.9 Å². The molecular weight excluding hydrogens is 372 g/mol. The van der Waals surface area contributed by atoms with Crippen molar-refractivity contribution in [1.29, 1.82) is 0 Å². The first-order valence-electron chi connectivity index (χ1n) is 7.90. The highest BCUT2D eigenvalue weighted by atomic mass is 32.2. The summed E-state index contributed by atoms with van der Waals surface area (Å²) in [7, 11) is 0. The molecule has 1 atom stereocenters. The highest BCUT2D eigenvalue weighted by molar-refractivity contribution is 8.01. The van der Waals surface area contributed by atoms with Gasteiger partial charge in [0.05, 0.1) is 18.1 Å². The number of ether oxygens (including phenoxy) is 4. The molecule has 8 heteroatoms. The lowest BCUT2D eigenvalue weighted by molar-refractivity contribution is -0.156. The fourth-order valence-corrected chi connectivity index (χ4v) is 2.03. The van der Waals surface area contributed by atoms with Gasteiger partial charge < -0.3 is 24.1 Å². The Morgan fingerprint density at radius 3 is 2.11 bits per heavy atom. The van der Waals surface area contributed by atoms with E-state index in [1.54, 1.807) is 41.5 Å². The zero-order valence-corrected chi connectivity index (χ0v) is 16.7. The molecule has 0 fully saturated rings. The molecule has 0 aromatic rings. The van der Waals surface area contributed by atoms with Gasteiger partial charge in [0.2, 0.25) is 0 Å². The van der Waals surface area contributed by atoms with Gasteiger partial charge in [0, 0.05) is 0 Å². The molecule has 1 unspecified atom stereocenters. The first kappa shape index (κ1) is 30.5. The quantitative estimate of drug-likeness (QED) is 0.239. The van der Waals surface area contributed by atoms with Crippen molar-refractivity contribution in [1.82, 2.24) is 0 Å². The molecule has 0 heterocycles. The lowest BCUT2D eigenvalue weighted by atomic mass is 10.1. The summed E-state index contributed by atoms with van der Waals surface area (Å²) in [4.78, 5) is 23.8. The highest BCUT2D eigenvalue weighted by Crippen LogP contribution is 2.28. The van der Waals surface area contributed by atoms with Crippen molar-refractivity contribution in [2.75, 3.05) is 25.8 Å².